The van der Waals surface area contributed by atoms with Gasteiger partial charge in [0.1, 0.15) is 30.6 Å². The number of anilines is 1. The highest BCUT2D eigenvalue weighted by atomic mass is 16.5. The lowest BCUT2D eigenvalue weighted by atomic mass is 9.98. The van der Waals surface area contributed by atoms with E-state index in [1.807, 2.05) is 54.6 Å². The summed E-state index contributed by atoms with van der Waals surface area (Å²) in [6.45, 7) is 0.472. The fourth-order valence-corrected chi connectivity index (χ4v) is 2.88. The van der Waals surface area contributed by atoms with E-state index in [0.29, 0.717) is 18.1 Å². The van der Waals surface area contributed by atoms with Crippen molar-refractivity contribution in [3.8, 4) is 11.8 Å². The normalized spacial score (nSPS) is 15.7. The lowest BCUT2D eigenvalue weighted by Crippen LogP contribution is -2.27. The second kappa shape index (κ2) is 6.61. The third-order valence-corrected chi connectivity index (χ3v) is 4.17. The van der Waals surface area contributed by atoms with Crippen molar-refractivity contribution in [2.24, 2.45) is 5.73 Å². The minimum atomic E-state index is -0.406. The molecule has 0 fully saturated rings. The highest BCUT2D eigenvalue weighted by molar-refractivity contribution is 5.65. The zero-order valence-electron chi connectivity index (χ0n) is 13.8. The molecule has 0 saturated carbocycles. The van der Waals surface area contributed by atoms with E-state index in [1.54, 1.807) is 0 Å². The number of benzene rings is 2. The summed E-state index contributed by atoms with van der Waals surface area (Å²) in [6, 6.07) is 19.3. The van der Waals surface area contributed by atoms with Crippen LogP contribution >= 0.6 is 0 Å². The first-order valence-corrected chi connectivity index (χ1v) is 8.09. The quantitative estimate of drug-likeness (QED) is 0.754. The molecule has 1 unspecified atom stereocenters. The lowest BCUT2D eigenvalue weighted by Gasteiger charge is -2.25. The molecule has 3 N–H and O–H groups in total. The summed E-state index contributed by atoms with van der Waals surface area (Å²) >= 11 is 0. The number of nitrogens with one attached hydrogen (secondary N) is 1. The van der Waals surface area contributed by atoms with Gasteiger partial charge < -0.3 is 15.8 Å². The summed E-state index contributed by atoms with van der Waals surface area (Å²) in [5, 5.41) is 16.8. The zero-order chi connectivity index (χ0) is 17.9. The minimum Gasteiger partial charge on any atom is -0.489 e. The van der Waals surface area contributed by atoms with Crippen molar-refractivity contribution < 1.29 is 4.74 Å². The van der Waals surface area contributed by atoms with Crippen LogP contribution in [0.1, 0.15) is 17.2 Å². The smallest absolute Gasteiger partial charge is 0.228 e. The molecule has 0 amide bonds. The van der Waals surface area contributed by atoms with E-state index < -0.39 is 6.04 Å². The molecular weight excluding hydrogens is 328 g/mol. The maximum atomic E-state index is 9.56. The molecule has 0 saturated heterocycles. The molecule has 3 aromatic rings. The van der Waals surface area contributed by atoms with Crippen molar-refractivity contribution in [1.29, 1.82) is 5.26 Å². The average molecular weight is 344 g/mol. The van der Waals surface area contributed by atoms with E-state index in [9.17, 15) is 5.26 Å². The Hall–Kier alpha value is -3.79. The fraction of sp³-hybridized carbons (Fsp3) is 0.105. The molecule has 0 spiro atoms. The van der Waals surface area contributed by atoms with Crippen molar-refractivity contribution >= 4 is 11.8 Å². The van der Waals surface area contributed by atoms with Gasteiger partial charge in [0, 0.05) is 0 Å². The molecule has 0 bridgehead atoms. The van der Waals surface area contributed by atoms with Gasteiger partial charge in [-0.15, -0.1) is 0 Å². The van der Waals surface area contributed by atoms with Crippen molar-refractivity contribution in [1.82, 2.24) is 14.8 Å². The number of hydrogen-bond donors (Lipinski definition) is 2. The van der Waals surface area contributed by atoms with Gasteiger partial charge in [0.05, 0.1) is 11.6 Å². The Labute approximate surface area is 150 Å². The van der Waals surface area contributed by atoms with Crippen LogP contribution in [0.25, 0.3) is 5.82 Å². The molecule has 26 heavy (non-hydrogen) atoms. The maximum Gasteiger partial charge on any atom is 0.228 e. The SMILES string of the molecule is N#CC1=C(N)n2ncnc2NC1c1cccc(OCc2ccccc2)c1. The Bertz CT molecular complexity index is 1000. The number of nitrogens with two attached hydrogens (primary N) is 1. The van der Waals surface area contributed by atoms with Gasteiger partial charge in [0.2, 0.25) is 5.95 Å². The molecule has 2 aromatic carbocycles. The van der Waals surface area contributed by atoms with Crippen molar-refractivity contribution in [2.75, 3.05) is 5.32 Å². The summed E-state index contributed by atoms with van der Waals surface area (Å²) in [5.74, 6) is 1.50. The maximum absolute atomic E-state index is 9.56. The summed E-state index contributed by atoms with van der Waals surface area (Å²) in [6.07, 6.45) is 1.39. The van der Waals surface area contributed by atoms with Crippen LogP contribution in [0.3, 0.4) is 0 Å². The van der Waals surface area contributed by atoms with Gasteiger partial charge in [-0.1, -0.05) is 42.5 Å². The first-order valence-electron chi connectivity index (χ1n) is 8.09. The van der Waals surface area contributed by atoms with Crippen LogP contribution < -0.4 is 15.8 Å². The van der Waals surface area contributed by atoms with Crippen LogP contribution in [0.2, 0.25) is 0 Å². The van der Waals surface area contributed by atoms with Crippen LogP contribution in [-0.4, -0.2) is 14.8 Å². The summed E-state index contributed by atoms with van der Waals surface area (Å²) in [4.78, 5) is 4.14. The predicted molar refractivity (Wildman–Crippen MR) is 96.6 cm³/mol. The Morgan fingerprint density at radius 1 is 1.19 bits per heavy atom. The first-order chi connectivity index (χ1) is 12.8. The van der Waals surface area contributed by atoms with Gasteiger partial charge in [0.25, 0.3) is 0 Å². The van der Waals surface area contributed by atoms with Gasteiger partial charge in [-0.2, -0.15) is 20.0 Å². The van der Waals surface area contributed by atoms with E-state index >= 15 is 0 Å². The molecule has 0 aliphatic carbocycles. The minimum absolute atomic E-state index is 0.277. The zero-order valence-corrected chi connectivity index (χ0v) is 13.8. The number of rotatable bonds is 4. The van der Waals surface area contributed by atoms with Gasteiger partial charge in [0.15, 0.2) is 0 Å². The van der Waals surface area contributed by atoms with Crippen molar-refractivity contribution in [2.45, 2.75) is 12.6 Å². The Kier molecular flexibility index (Phi) is 4.00. The molecule has 1 atom stereocenters. The second-order valence-corrected chi connectivity index (χ2v) is 5.83. The molecule has 128 valence electrons. The topological polar surface area (TPSA) is 102 Å². The van der Waals surface area contributed by atoms with Gasteiger partial charge in [-0.3, -0.25) is 0 Å². The van der Waals surface area contributed by atoms with E-state index in [0.717, 1.165) is 16.9 Å². The molecule has 1 aromatic heterocycles. The monoisotopic (exact) mass is 344 g/mol. The highest BCUT2D eigenvalue weighted by Crippen LogP contribution is 2.33. The highest BCUT2D eigenvalue weighted by Gasteiger charge is 2.28. The summed E-state index contributed by atoms with van der Waals surface area (Å²) < 4.78 is 7.30. The molecule has 7 heteroatoms. The average Bonchev–Trinajstić information content (AvgIpc) is 3.16. The number of hydrogen-bond acceptors (Lipinski definition) is 6. The number of nitrogens with zero attached hydrogens (tertiary/aromatic N) is 4. The number of ether oxygens (including phenoxy) is 1. The Morgan fingerprint density at radius 2 is 2.04 bits per heavy atom. The van der Waals surface area contributed by atoms with Gasteiger partial charge in [-0.05, 0) is 23.3 Å². The largest absolute Gasteiger partial charge is 0.489 e. The second-order valence-electron chi connectivity index (χ2n) is 5.83. The number of fused-ring (bicyclic) bond motifs is 1. The third kappa shape index (κ3) is 2.84. The molecule has 2 heterocycles. The molecule has 1 aliphatic heterocycles. The van der Waals surface area contributed by atoms with Crippen LogP contribution in [0.4, 0.5) is 5.95 Å². The number of nitriles is 1. The Balaban J connectivity index is 1.60. The molecule has 4 rings (SSSR count). The van der Waals surface area contributed by atoms with E-state index in [4.69, 9.17) is 10.5 Å². The van der Waals surface area contributed by atoms with Gasteiger partial charge in [-0.25, -0.2) is 0 Å². The fourth-order valence-electron chi connectivity index (χ4n) is 2.88. The standard InChI is InChI=1S/C19H16N6O/c20-10-16-17(24-19-22-12-23-25(19)18(16)21)14-7-4-8-15(9-14)26-11-13-5-2-1-3-6-13/h1-9,12,17H,11,21H2,(H,22,23,24). The summed E-state index contributed by atoms with van der Waals surface area (Å²) in [5.41, 5.74) is 8.44. The van der Waals surface area contributed by atoms with Crippen LogP contribution in [0.15, 0.2) is 66.5 Å². The lowest BCUT2D eigenvalue weighted by molar-refractivity contribution is 0.306. The molecule has 1 aliphatic rings. The molecular formula is C19H16N6O. The van der Waals surface area contributed by atoms with Crippen LogP contribution in [0.5, 0.6) is 5.75 Å². The van der Waals surface area contributed by atoms with Crippen molar-refractivity contribution in [3.05, 3.63) is 77.6 Å². The van der Waals surface area contributed by atoms with Gasteiger partial charge >= 0.3 is 0 Å². The number of aromatic nitrogens is 3. The van der Waals surface area contributed by atoms with Crippen molar-refractivity contribution in [3.63, 3.8) is 0 Å². The first kappa shape index (κ1) is 15.7. The van der Waals surface area contributed by atoms with E-state index in [2.05, 4.69) is 21.5 Å². The van der Waals surface area contributed by atoms with Crippen LogP contribution in [-0.2, 0) is 6.61 Å². The molecule has 7 nitrogen and oxygen atoms in total. The predicted octanol–water partition coefficient (Wildman–Crippen LogP) is 2.67. The Morgan fingerprint density at radius 3 is 2.85 bits per heavy atom. The molecule has 0 radical (unpaired) electrons. The van der Waals surface area contributed by atoms with E-state index in [-0.39, 0.29) is 5.82 Å². The summed E-state index contributed by atoms with van der Waals surface area (Å²) in [7, 11) is 0. The third-order valence-electron chi connectivity index (χ3n) is 4.17. The van der Waals surface area contributed by atoms with Crippen LogP contribution in [0, 0.1) is 11.3 Å². The van der Waals surface area contributed by atoms with E-state index in [1.165, 1.54) is 11.0 Å².